The van der Waals surface area contributed by atoms with E-state index in [9.17, 15) is 14.4 Å². The van der Waals surface area contributed by atoms with Crippen LogP contribution in [0.4, 0.5) is 5.69 Å². The summed E-state index contributed by atoms with van der Waals surface area (Å²) in [5.41, 5.74) is 6.15. The van der Waals surface area contributed by atoms with Crippen LogP contribution in [0.25, 0.3) is 11.1 Å². The first-order valence-corrected chi connectivity index (χ1v) is 9.53. The number of imide groups is 1. The number of anilines is 1. The first-order chi connectivity index (χ1) is 14.0. The van der Waals surface area contributed by atoms with Crippen molar-refractivity contribution in [3.05, 3.63) is 89.0 Å². The molecule has 0 saturated heterocycles. The van der Waals surface area contributed by atoms with E-state index < -0.39 is 23.8 Å². The Bertz CT molecular complexity index is 1160. The molecule has 1 unspecified atom stereocenters. The van der Waals surface area contributed by atoms with Crippen molar-refractivity contribution in [2.45, 2.75) is 19.4 Å². The second kappa shape index (κ2) is 6.41. The molecule has 0 radical (unpaired) electrons. The zero-order valence-corrected chi connectivity index (χ0v) is 15.8. The standard InChI is InChI=1S/C24H18N2O3/c1-14(26-23(28)20-8-4-5-9-21(20)24(26)29)22(27)25-17-10-11-19-16(13-17)12-15-6-2-3-7-18(15)19/h2-11,13-14H,12H2,1H3,(H,25,27). The number of nitrogens with zero attached hydrogens (tertiary/aromatic N) is 1. The second-order valence-electron chi connectivity index (χ2n) is 7.40. The molecule has 1 N–H and O–H groups in total. The molecule has 0 spiro atoms. The van der Waals surface area contributed by atoms with Gasteiger partial charge in [0.25, 0.3) is 11.8 Å². The Morgan fingerprint density at radius 1 is 0.828 bits per heavy atom. The summed E-state index contributed by atoms with van der Waals surface area (Å²) in [5.74, 6) is -1.26. The fourth-order valence-electron chi connectivity index (χ4n) is 4.15. The highest BCUT2D eigenvalue weighted by molar-refractivity contribution is 6.23. The van der Waals surface area contributed by atoms with Crippen molar-refractivity contribution in [1.82, 2.24) is 4.90 Å². The van der Waals surface area contributed by atoms with Gasteiger partial charge in [0.15, 0.2) is 0 Å². The van der Waals surface area contributed by atoms with Crippen molar-refractivity contribution >= 4 is 23.4 Å². The first kappa shape index (κ1) is 17.4. The third-order valence-electron chi connectivity index (χ3n) is 5.65. The zero-order chi connectivity index (χ0) is 20.1. The van der Waals surface area contributed by atoms with Gasteiger partial charge in [-0.2, -0.15) is 0 Å². The molecule has 3 aromatic carbocycles. The highest BCUT2D eigenvalue weighted by atomic mass is 16.2. The van der Waals surface area contributed by atoms with Gasteiger partial charge in [0.05, 0.1) is 11.1 Å². The largest absolute Gasteiger partial charge is 0.324 e. The molecule has 3 amide bonds. The highest BCUT2D eigenvalue weighted by Gasteiger charge is 2.40. The molecule has 1 aliphatic carbocycles. The number of hydrogen-bond donors (Lipinski definition) is 1. The summed E-state index contributed by atoms with van der Waals surface area (Å²) in [6.45, 7) is 1.57. The third kappa shape index (κ3) is 2.66. The van der Waals surface area contributed by atoms with Gasteiger partial charge >= 0.3 is 0 Å². The summed E-state index contributed by atoms with van der Waals surface area (Å²) in [4.78, 5) is 39.1. The molecule has 5 nitrogen and oxygen atoms in total. The first-order valence-electron chi connectivity index (χ1n) is 9.53. The van der Waals surface area contributed by atoms with Crippen LogP contribution in [0.5, 0.6) is 0 Å². The average Bonchev–Trinajstić information content (AvgIpc) is 3.22. The maximum Gasteiger partial charge on any atom is 0.262 e. The Labute approximate surface area is 168 Å². The van der Waals surface area contributed by atoms with Crippen molar-refractivity contribution in [2.24, 2.45) is 0 Å². The Hall–Kier alpha value is -3.73. The predicted molar refractivity (Wildman–Crippen MR) is 110 cm³/mol. The molecule has 1 atom stereocenters. The minimum absolute atomic E-state index is 0.340. The van der Waals surface area contributed by atoms with Crippen molar-refractivity contribution in [3.8, 4) is 11.1 Å². The molecular weight excluding hydrogens is 364 g/mol. The molecule has 29 heavy (non-hydrogen) atoms. The van der Waals surface area contributed by atoms with E-state index in [-0.39, 0.29) is 0 Å². The SMILES string of the molecule is CC(C(=O)Nc1ccc2c(c1)Cc1ccccc1-2)N1C(=O)c2ccccc2C1=O. The van der Waals surface area contributed by atoms with E-state index in [1.165, 1.54) is 16.7 Å². The van der Waals surface area contributed by atoms with E-state index in [2.05, 4.69) is 17.4 Å². The van der Waals surface area contributed by atoms with Gasteiger partial charge in [-0.05, 0) is 59.9 Å². The molecule has 0 saturated carbocycles. The molecule has 3 aromatic rings. The van der Waals surface area contributed by atoms with Gasteiger partial charge in [-0.1, -0.05) is 42.5 Å². The maximum absolute atomic E-state index is 12.8. The summed E-state index contributed by atoms with van der Waals surface area (Å²) in [5, 5.41) is 2.86. The fraction of sp³-hybridized carbons (Fsp3) is 0.125. The van der Waals surface area contributed by atoms with Crippen LogP contribution < -0.4 is 5.32 Å². The van der Waals surface area contributed by atoms with E-state index in [0.29, 0.717) is 16.8 Å². The summed E-state index contributed by atoms with van der Waals surface area (Å²) >= 11 is 0. The summed E-state index contributed by atoms with van der Waals surface area (Å²) in [6, 6.07) is 19.8. The van der Waals surface area contributed by atoms with E-state index in [1.54, 1.807) is 31.2 Å². The molecule has 1 aliphatic heterocycles. The van der Waals surface area contributed by atoms with Crippen molar-refractivity contribution in [2.75, 3.05) is 5.32 Å². The average molecular weight is 382 g/mol. The van der Waals surface area contributed by atoms with Crippen LogP contribution in [0.3, 0.4) is 0 Å². The number of rotatable bonds is 3. The Morgan fingerprint density at radius 3 is 2.10 bits per heavy atom. The second-order valence-corrected chi connectivity index (χ2v) is 7.40. The molecule has 0 aromatic heterocycles. The highest BCUT2D eigenvalue weighted by Crippen LogP contribution is 2.37. The van der Waals surface area contributed by atoms with Gasteiger partial charge in [-0.3, -0.25) is 19.3 Å². The van der Waals surface area contributed by atoms with Crippen LogP contribution in [0.2, 0.25) is 0 Å². The number of carbonyl (C=O) groups is 3. The van der Waals surface area contributed by atoms with Crippen LogP contribution in [-0.2, 0) is 11.2 Å². The number of amides is 3. The third-order valence-corrected chi connectivity index (χ3v) is 5.65. The maximum atomic E-state index is 12.8. The lowest BCUT2D eigenvalue weighted by Gasteiger charge is -2.22. The van der Waals surface area contributed by atoms with Gasteiger partial charge in [-0.25, -0.2) is 0 Å². The zero-order valence-electron chi connectivity index (χ0n) is 15.8. The fourth-order valence-corrected chi connectivity index (χ4v) is 4.15. The lowest BCUT2D eigenvalue weighted by Crippen LogP contribution is -2.45. The van der Waals surface area contributed by atoms with Gasteiger partial charge < -0.3 is 5.32 Å². The van der Waals surface area contributed by atoms with Crippen LogP contribution in [0, 0.1) is 0 Å². The molecule has 0 fully saturated rings. The minimum atomic E-state index is -0.909. The minimum Gasteiger partial charge on any atom is -0.324 e. The number of fused-ring (bicyclic) bond motifs is 4. The van der Waals surface area contributed by atoms with Crippen LogP contribution in [0.15, 0.2) is 66.7 Å². The van der Waals surface area contributed by atoms with Crippen molar-refractivity contribution in [3.63, 3.8) is 0 Å². The number of benzene rings is 3. The van der Waals surface area contributed by atoms with Gasteiger partial charge in [0.1, 0.15) is 6.04 Å². The predicted octanol–water partition coefficient (Wildman–Crippen LogP) is 3.88. The molecule has 1 heterocycles. The summed E-state index contributed by atoms with van der Waals surface area (Å²) < 4.78 is 0. The molecule has 0 bridgehead atoms. The normalized spacial score (nSPS) is 15.0. The van der Waals surface area contributed by atoms with Gasteiger partial charge in [-0.15, -0.1) is 0 Å². The Kier molecular flexibility index (Phi) is 3.84. The summed E-state index contributed by atoms with van der Waals surface area (Å²) in [6.07, 6.45) is 0.823. The molecule has 5 heteroatoms. The quantitative estimate of drug-likeness (QED) is 0.547. The lowest BCUT2D eigenvalue weighted by molar-refractivity contribution is -0.119. The number of carbonyl (C=O) groups excluding carboxylic acids is 3. The Balaban J connectivity index is 1.36. The van der Waals surface area contributed by atoms with E-state index in [1.807, 2.05) is 30.3 Å². The number of nitrogens with one attached hydrogen (secondary N) is 1. The molecular formula is C24H18N2O3. The lowest BCUT2D eigenvalue weighted by atomic mass is 10.1. The summed E-state index contributed by atoms with van der Waals surface area (Å²) in [7, 11) is 0. The van der Waals surface area contributed by atoms with Crippen molar-refractivity contribution < 1.29 is 14.4 Å². The van der Waals surface area contributed by atoms with E-state index >= 15 is 0 Å². The molecule has 142 valence electrons. The van der Waals surface area contributed by atoms with Gasteiger partial charge in [0, 0.05) is 5.69 Å². The van der Waals surface area contributed by atoms with E-state index in [0.717, 1.165) is 16.9 Å². The number of hydrogen-bond acceptors (Lipinski definition) is 3. The molecule has 2 aliphatic rings. The van der Waals surface area contributed by atoms with Crippen molar-refractivity contribution in [1.29, 1.82) is 0 Å². The molecule has 5 rings (SSSR count). The van der Waals surface area contributed by atoms with Gasteiger partial charge in [0.2, 0.25) is 5.91 Å². The Morgan fingerprint density at radius 2 is 1.41 bits per heavy atom. The monoisotopic (exact) mass is 382 g/mol. The van der Waals surface area contributed by atoms with Crippen LogP contribution >= 0.6 is 0 Å². The van der Waals surface area contributed by atoms with Crippen LogP contribution in [-0.4, -0.2) is 28.7 Å². The van der Waals surface area contributed by atoms with E-state index in [4.69, 9.17) is 0 Å². The topological polar surface area (TPSA) is 66.5 Å². The van der Waals surface area contributed by atoms with Crippen LogP contribution in [0.1, 0.15) is 38.8 Å². The smallest absolute Gasteiger partial charge is 0.262 e.